The van der Waals surface area contributed by atoms with Gasteiger partial charge in [0.1, 0.15) is 6.54 Å². The highest BCUT2D eigenvalue weighted by molar-refractivity contribution is 7.99. The molecule has 2 aromatic carbocycles. The first-order valence-electron chi connectivity index (χ1n) is 10.3. The number of nitrogens with one attached hydrogen (secondary N) is 2. The number of rotatable bonds is 7. The van der Waals surface area contributed by atoms with Crippen LogP contribution in [0.15, 0.2) is 66.1 Å². The zero-order valence-electron chi connectivity index (χ0n) is 18.2. The van der Waals surface area contributed by atoms with Crippen LogP contribution < -0.4 is 15.5 Å². The van der Waals surface area contributed by atoms with Gasteiger partial charge in [0, 0.05) is 19.4 Å². The van der Waals surface area contributed by atoms with Crippen molar-refractivity contribution in [2.75, 3.05) is 34.4 Å². The van der Waals surface area contributed by atoms with Gasteiger partial charge in [-0.05, 0) is 24.3 Å². The number of amides is 3. The first-order valence-corrected chi connectivity index (χ1v) is 11.3. The molecule has 34 heavy (non-hydrogen) atoms. The summed E-state index contributed by atoms with van der Waals surface area (Å²) in [4.78, 5) is 55.2. The molecule has 2 N–H and O–H groups in total. The first kappa shape index (κ1) is 23.1. The van der Waals surface area contributed by atoms with Crippen molar-refractivity contribution in [3.8, 4) is 0 Å². The minimum Gasteiger partial charge on any atom is -0.452 e. The van der Waals surface area contributed by atoms with Crippen LogP contribution in [0.1, 0.15) is 10.4 Å². The van der Waals surface area contributed by atoms with Crippen molar-refractivity contribution in [1.82, 2.24) is 9.55 Å². The van der Waals surface area contributed by atoms with Crippen LogP contribution in [0.3, 0.4) is 0 Å². The van der Waals surface area contributed by atoms with Crippen LogP contribution in [-0.4, -0.2) is 52.1 Å². The minimum absolute atomic E-state index is 0.100. The molecule has 0 fully saturated rings. The molecule has 0 bridgehead atoms. The number of carbonyl (C=O) groups is 4. The van der Waals surface area contributed by atoms with E-state index in [4.69, 9.17) is 4.74 Å². The van der Waals surface area contributed by atoms with E-state index in [2.05, 4.69) is 15.6 Å². The number of aryl methyl sites for hydroxylation is 1. The molecule has 0 saturated heterocycles. The van der Waals surface area contributed by atoms with Crippen molar-refractivity contribution in [2.24, 2.45) is 7.05 Å². The molecule has 3 aromatic rings. The summed E-state index contributed by atoms with van der Waals surface area (Å²) < 4.78 is 7.01. The van der Waals surface area contributed by atoms with Crippen LogP contribution in [0.25, 0.3) is 0 Å². The van der Waals surface area contributed by atoms with Crippen LogP contribution in [0.2, 0.25) is 0 Å². The minimum atomic E-state index is -0.768. The average molecular weight is 480 g/mol. The number of nitrogens with zero attached hydrogens (tertiary/aromatic N) is 3. The van der Waals surface area contributed by atoms with E-state index in [1.54, 1.807) is 59.4 Å². The molecule has 0 radical (unpaired) electrons. The zero-order valence-corrected chi connectivity index (χ0v) is 19.0. The molecule has 2 heterocycles. The number of carbonyl (C=O) groups excluding carboxylic acids is 4. The molecular formula is C23H21N5O5S. The Morgan fingerprint density at radius 2 is 1.91 bits per heavy atom. The van der Waals surface area contributed by atoms with Gasteiger partial charge in [0.15, 0.2) is 11.8 Å². The number of benzene rings is 2. The molecule has 1 aliphatic rings. The van der Waals surface area contributed by atoms with Crippen molar-refractivity contribution in [3.63, 3.8) is 0 Å². The summed E-state index contributed by atoms with van der Waals surface area (Å²) in [6, 6.07) is 13.2. The maximum absolute atomic E-state index is 12.7. The number of thioether (sulfide) groups is 1. The molecule has 0 spiro atoms. The van der Waals surface area contributed by atoms with Crippen molar-refractivity contribution >= 4 is 52.5 Å². The van der Waals surface area contributed by atoms with Gasteiger partial charge >= 0.3 is 5.97 Å². The van der Waals surface area contributed by atoms with E-state index in [9.17, 15) is 19.2 Å². The van der Waals surface area contributed by atoms with Crippen LogP contribution in [0, 0.1) is 0 Å². The van der Waals surface area contributed by atoms with E-state index in [0.29, 0.717) is 16.5 Å². The van der Waals surface area contributed by atoms with Gasteiger partial charge in [0.25, 0.3) is 5.91 Å². The Morgan fingerprint density at radius 1 is 1.15 bits per heavy atom. The number of anilines is 3. The fourth-order valence-corrected chi connectivity index (χ4v) is 4.05. The topological polar surface area (TPSA) is 123 Å². The summed E-state index contributed by atoms with van der Waals surface area (Å²) in [5.74, 6) is -1.86. The number of ether oxygens (including phenoxy) is 1. The molecule has 0 saturated carbocycles. The molecule has 10 nitrogen and oxygen atoms in total. The summed E-state index contributed by atoms with van der Waals surface area (Å²) in [6.45, 7) is -0.731. The van der Waals surface area contributed by atoms with Crippen LogP contribution in [-0.2, 0) is 26.2 Å². The Bertz CT molecular complexity index is 1260. The van der Waals surface area contributed by atoms with Crippen molar-refractivity contribution < 1.29 is 23.9 Å². The van der Waals surface area contributed by atoms with Crippen LogP contribution in [0.5, 0.6) is 0 Å². The van der Waals surface area contributed by atoms with Crippen molar-refractivity contribution in [3.05, 3.63) is 66.5 Å². The number of hydrogen-bond acceptors (Lipinski definition) is 7. The molecule has 174 valence electrons. The quantitative estimate of drug-likeness (QED) is 0.394. The number of aromatic nitrogens is 2. The average Bonchev–Trinajstić information content (AvgIpc) is 3.25. The molecule has 1 aliphatic heterocycles. The van der Waals surface area contributed by atoms with Gasteiger partial charge in [-0.25, -0.2) is 9.78 Å². The smallest absolute Gasteiger partial charge is 0.340 e. The number of fused-ring (bicyclic) bond motifs is 1. The number of imidazole rings is 1. The van der Waals surface area contributed by atoms with Gasteiger partial charge in [-0.15, -0.1) is 0 Å². The highest BCUT2D eigenvalue weighted by atomic mass is 32.2. The third-order valence-corrected chi connectivity index (χ3v) is 5.99. The Hall–Kier alpha value is -4.12. The Labute approximate surface area is 199 Å². The summed E-state index contributed by atoms with van der Waals surface area (Å²) in [7, 11) is 1.83. The second-order valence-corrected chi connectivity index (χ2v) is 8.27. The Kier molecular flexibility index (Phi) is 6.93. The maximum atomic E-state index is 12.7. The van der Waals surface area contributed by atoms with Gasteiger partial charge < -0.3 is 19.9 Å². The SMILES string of the molecule is Cn1ccnc1SCC(=O)Nc1ccccc1C(=O)OCC(=O)N1CC(=O)Nc2ccccc21. The Morgan fingerprint density at radius 3 is 2.71 bits per heavy atom. The second-order valence-electron chi connectivity index (χ2n) is 7.32. The lowest BCUT2D eigenvalue weighted by Gasteiger charge is -2.28. The summed E-state index contributed by atoms with van der Waals surface area (Å²) in [6.07, 6.45) is 3.42. The lowest BCUT2D eigenvalue weighted by molar-refractivity contribution is -0.124. The third kappa shape index (κ3) is 5.26. The standard InChI is InChI=1S/C23H21N5O5S/c1-27-11-10-24-23(27)34-14-20(30)25-16-7-3-2-6-15(16)22(32)33-13-21(31)28-12-19(29)26-17-8-4-5-9-18(17)28/h2-11H,12-14H2,1H3,(H,25,30)(H,26,29). The lowest BCUT2D eigenvalue weighted by atomic mass is 10.2. The predicted molar refractivity (Wildman–Crippen MR) is 127 cm³/mol. The van der Waals surface area contributed by atoms with E-state index in [0.717, 1.165) is 0 Å². The van der Waals surface area contributed by atoms with E-state index in [1.165, 1.54) is 22.7 Å². The molecule has 0 aliphatic carbocycles. The van der Waals surface area contributed by atoms with Gasteiger partial charge in [-0.1, -0.05) is 36.0 Å². The summed E-state index contributed by atoms with van der Waals surface area (Å²) >= 11 is 1.26. The predicted octanol–water partition coefficient (Wildman–Crippen LogP) is 2.29. The van der Waals surface area contributed by atoms with E-state index < -0.39 is 18.5 Å². The Balaban J connectivity index is 1.37. The molecule has 1 aromatic heterocycles. The number of para-hydroxylation sites is 3. The normalized spacial score (nSPS) is 12.5. The first-order chi connectivity index (χ1) is 16.4. The molecule has 4 rings (SSSR count). The van der Waals surface area contributed by atoms with E-state index in [-0.39, 0.29) is 35.4 Å². The zero-order chi connectivity index (χ0) is 24.1. The molecular weight excluding hydrogens is 458 g/mol. The molecule has 0 atom stereocenters. The third-order valence-electron chi connectivity index (χ3n) is 4.93. The number of hydrogen-bond donors (Lipinski definition) is 2. The van der Waals surface area contributed by atoms with Gasteiger partial charge in [0.05, 0.1) is 28.4 Å². The van der Waals surface area contributed by atoms with Gasteiger partial charge in [-0.2, -0.15) is 0 Å². The highest BCUT2D eigenvalue weighted by Gasteiger charge is 2.27. The van der Waals surface area contributed by atoms with Gasteiger partial charge in [-0.3, -0.25) is 19.3 Å². The number of esters is 1. The van der Waals surface area contributed by atoms with Crippen LogP contribution >= 0.6 is 11.8 Å². The van der Waals surface area contributed by atoms with Gasteiger partial charge in [0.2, 0.25) is 11.8 Å². The molecule has 11 heteroatoms. The van der Waals surface area contributed by atoms with E-state index >= 15 is 0 Å². The van der Waals surface area contributed by atoms with E-state index in [1.807, 2.05) is 7.05 Å². The highest BCUT2D eigenvalue weighted by Crippen LogP contribution is 2.29. The van der Waals surface area contributed by atoms with Crippen molar-refractivity contribution in [1.29, 1.82) is 0 Å². The maximum Gasteiger partial charge on any atom is 0.340 e. The lowest BCUT2D eigenvalue weighted by Crippen LogP contribution is -2.44. The monoisotopic (exact) mass is 479 g/mol. The second kappa shape index (κ2) is 10.2. The summed E-state index contributed by atoms with van der Waals surface area (Å²) in [5, 5.41) is 6.08. The van der Waals surface area contributed by atoms with Crippen LogP contribution in [0.4, 0.5) is 17.1 Å². The van der Waals surface area contributed by atoms with Crippen molar-refractivity contribution in [2.45, 2.75) is 5.16 Å². The molecule has 3 amide bonds. The molecule has 0 unspecified atom stereocenters. The largest absolute Gasteiger partial charge is 0.452 e. The fourth-order valence-electron chi connectivity index (χ4n) is 3.32. The summed E-state index contributed by atoms with van der Waals surface area (Å²) in [5.41, 5.74) is 1.42. The fraction of sp³-hybridized carbons (Fsp3) is 0.174.